The van der Waals surface area contributed by atoms with Gasteiger partial charge in [0.25, 0.3) is 0 Å². The molecule has 0 bridgehead atoms. The molecular weight excluding hydrogens is 737 g/mol. The number of aromatic nitrogens is 1. The van der Waals surface area contributed by atoms with Crippen LogP contribution in [0.15, 0.2) is 97.1 Å². The second-order valence-corrected chi connectivity index (χ2v) is 27.1. The Bertz CT molecular complexity index is 2810. The third-order valence-electron chi connectivity index (χ3n) is 12.5. The van der Waals surface area contributed by atoms with E-state index in [9.17, 15) is 0 Å². The Morgan fingerprint density at radius 1 is 0.491 bits per heavy atom. The number of nitrogens with zero attached hydrogens (tertiary/aromatic N) is 2. The molecule has 5 heterocycles. The van der Waals surface area contributed by atoms with E-state index in [1.807, 2.05) is 0 Å². The van der Waals surface area contributed by atoms with Crippen LogP contribution in [0.1, 0.15) is 79.0 Å². The van der Waals surface area contributed by atoms with Crippen molar-refractivity contribution in [1.82, 2.24) is 4.57 Å². The number of fused-ring (bicyclic) bond motifs is 6. The SMILES string of the molecule is CC(C)(C)c1ccc2c(c1)Oc1cc(C(C)(C)C)c3[c]4c1N2c1ccc(C(C)(C)C)c2[c]1[Ge]4([CH3])[c]1c(cc(-n4c5ccccc5c5ccccc54)cc1O3)O2. The average molecular weight is 784 g/mol. The number of ether oxygens (including phenoxy) is 3. The first-order valence-electron chi connectivity index (χ1n) is 19.6. The molecule has 4 aliphatic heterocycles. The van der Waals surface area contributed by atoms with Gasteiger partial charge in [0.1, 0.15) is 0 Å². The summed E-state index contributed by atoms with van der Waals surface area (Å²) in [6.07, 6.45) is 0. The Labute approximate surface area is 325 Å². The van der Waals surface area contributed by atoms with Crippen LogP contribution in [0.5, 0.6) is 34.5 Å². The molecule has 0 saturated heterocycles. The molecule has 5 nitrogen and oxygen atoms in total. The minimum atomic E-state index is -3.62. The summed E-state index contributed by atoms with van der Waals surface area (Å²) < 4.78 is 28.3. The first-order valence-corrected chi connectivity index (χ1v) is 24.8. The summed E-state index contributed by atoms with van der Waals surface area (Å²) in [5.74, 6) is 8.21. The van der Waals surface area contributed by atoms with Crippen molar-refractivity contribution >= 4 is 65.3 Å². The zero-order valence-electron chi connectivity index (χ0n) is 33.4. The van der Waals surface area contributed by atoms with Gasteiger partial charge in [-0.2, -0.15) is 0 Å². The summed E-state index contributed by atoms with van der Waals surface area (Å²) in [5.41, 5.74) is 10.0. The van der Waals surface area contributed by atoms with Crippen molar-refractivity contribution in [3.63, 3.8) is 0 Å². The average Bonchev–Trinajstić information content (AvgIpc) is 3.46. The van der Waals surface area contributed by atoms with Crippen LogP contribution < -0.4 is 32.3 Å². The number of para-hydroxylation sites is 2. The molecular formula is C49H46GeN2O3. The molecule has 4 aliphatic rings. The topological polar surface area (TPSA) is 35.9 Å². The van der Waals surface area contributed by atoms with Crippen molar-refractivity contribution in [3.05, 3.63) is 114 Å². The summed E-state index contributed by atoms with van der Waals surface area (Å²) in [4.78, 5) is 2.47. The van der Waals surface area contributed by atoms with E-state index in [0.717, 1.165) is 62.6 Å². The Morgan fingerprint density at radius 2 is 1.07 bits per heavy atom. The fraction of sp³-hybridized carbons (Fsp3) is 0.265. The van der Waals surface area contributed by atoms with E-state index in [-0.39, 0.29) is 16.2 Å². The van der Waals surface area contributed by atoms with Crippen molar-refractivity contribution in [2.75, 3.05) is 4.90 Å². The Morgan fingerprint density at radius 3 is 1.67 bits per heavy atom. The summed E-state index contributed by atoms with van der Waals surface area (Å²) in [6, 6.07) is 35.7. The van der Waals surface area contributed by atoms with Gasteiger partial charge < -0.3 is 0 Å². The molecule has 6 heteroatoms. The first kappa shape index (κ1) is 33.2. The number of anilines is 3. The maximum atomic E-state index is 7.43. The van der Waals surface area contributed by atoms with Gasteiger partial charge in [0.2, 0.25) is 0 Å². The van der Waals surface area contributed by atoms with Gasteiger partial charge in [-0.15, -0.1) is 0 Å². The number of hydrogen-bond acceptors (Lipinski definition) is 4. The molecule has 0 N–H and O–H groups in total. The zero-order chi connectivity index (χ0) is 38.1. The molecule has 6 aromatic carbocycles. The molecule has 0 aliphatic carbocycles. The van der Waals surface area contributed by atoms with Crippen LogP contribution in [0.4, 0.5) is 17.1 Å². The molecule has 1 aromatic heterocycles. The molecule has 1 unspecified atom stereocenters. The van der Waals surface area contributed by atoms with Crippen LogP contribution in [0, 0.1) is 0 Å². The predicted octanol–water partition coefficient (Wildman–Crippen LogP) is 11.9. The Kier molecular flexibility index (Phi) is 6.27. The van der Waals surface area contributed by atoms with E-state index in [4.69, 9.17) is 14.2 Å². The molecule has 55 heavy (non-hydrogen) atoms. The van der Waals surface area contributed by atoms with E-state index >= 15 is 0 Å². The molecule has 7 aromatic rings. The Hall–Kier alpha value is -5.14. The molecule has 0 saturated carbocycles. The quantitative estimate of drug-likeness (QED) is 0.155. The first-order chi connectivity index (χ1) is 26.0. The van der Waals surface area contributed by atoms with Crippen molar-refractivity contribution in [3.8, 4) is 40.2 Å². The molecule has 0 radical (unpaired) electrons. The van der Waals surface area contributed by atoms with Gasteiger partial charge in [-0.1, -0.05) is 0 Å². The summed E-state index contributed by atoms with van der Waals surface area (Å²) in [6.45, 7) is 20.6. The maximum absolute atomic E-state index is 7.43. The molecule has 274 valence electrons. The van der Waals surface area contributed by atoms with Gasteiger partial charge in [-0.05, 0) is 0 Å². The molecule has 0 amide bonds. The molecule has 0 fully saturated rings. The predicted molar refractivity (Wildman–Crippen MR) is 229 cm³/mol. The summed E-state index contributed by atoms with van der Waals surface area (Å²) in [7, 11) is 0. The van der Waals surface area contributed by atoms with Gasteiger partial charge in [-0.25, -0.2) is 0 Å². The number of rotatable bonds is 1. The van der Waals surface area contributed by atoms with Crippen molar-refractivity contribution < 1.29 is 14.2 Å². The molecule has 1 atom stereocenters. The van der Waals surface area contributed by atoms with Gasteiger partial charge in [0.05, 0.1) is 0 Å². The van der Waals surface area contributed by atoms with Gasteiger partial charge in [0.15, 0.2) is 0 Å². The number of benzene rings is 6. The zero-order valence-corrected chi connectivity index (χ0v) is 35.5. The van der Waals surface area contributed by atoms with E-state index in [2.05, 4.69) is 175 Å². The van der Waals surface area contributed by atoms with Crippen LogP contribution in [-0.2, 0) is 16.2 Å². The van der Waals surface area contributed by atoms with Crippen molar-refractivity contribution in [1.29, 1.82) is 0 Å². The Balaban J connectivity index is 1.27. The van der Waals surface area contributed by atoms with Gasteiger partial charge in [-0.3, -0.25) is 0 Å². The van der Waals surface area contributed by atoms with E-state index < -0.39 is 13.3 Å². The van der Waals surface area contributed by atoms with Crippen molar-refractivity contribution in [2.45, 2.75) is 84.3 Å². The summed E-state index contributed by atoms with van der Waals surface area (Å²) >= 11 is -3.62. The van der Waals surface area contributed by atoms with Crippen LogP contribution >= 0.6 is 0 Å². The molecule has 0 spiro atoms. The van der Waals surface area contributed by atoms with Crippen LogP contribution in [-0.4, -0.2) is 17.8 Å². The normalized spacial score (nSPS) is 17.4. The minimum absolute atomic E-state index is 0.0196. The molecule has 11 rings (SSSR count). The van der Waals surface area contributed by atoms with Crippen LogP contribution in [0.25, 0.3) is 27.5 Å². The second kappa shape index (κ2) is 10.4. The fourth-order valence-corrected chi connectivity index (χ4v) is 19.7. The van der Waals surface area contributed by atoms with Crippen LogP contribution in [0.3, 0.4) is 0 Å². The fourth-order valence-electron chi connectivity index (χ4n) is 9.89. The standard InChI is InChI=1S/C49H46GeN2O3/c1-47(2,3)27-19-21-35-37(23-27)53-40-26-32(49(7,8)9)46-43-44(40)52(35)36-22-20-31(48(4,5)6)45-41(36)50(43,10)42-38(54-45)24-28(25-39(42)55-46)51-33-17-13-11-15-29(33)30-16-12-14-18-34(30)51/h11-26H,1-10H3. The van der Waals surface area contributed by atoms with Crippen LogP contribution in [0.2, 0.25) is 5.76 Å². The third-order valence-corrected chi connectivity index (χ3v) is 21.8. The van der Waals surface area contributed by atoms with Crippen molar-refractivity contribution in [2.24, 2.45) is 0 Å². The van der Waals surface area contributed by atoms with E-state index in [0.29, 0.717) is 0 Å². The monoisotopic (exact) mass is 784 g/mol. The number of hydrogen-bond donors (Lipinski definition) is 0. The van der Waals surface area contributed by atoms with E-state index in [1.165, 1.54) is 46.3 Å². The second-order valence-electron chi connectivity index (χ2n) is 19.2. The van der Waals surface area contributed by atoms with Gasteiger partial charge in [0, 0.05) is 0 Å². The summed E-state index contributed by atoms with van der Waals surface area (Å²) in [5, 5.41) is 2.46. The third kappa shape index (κ3) is 4.25. The van der Waals surface area contributed by atoms with Gasteiger partial charge >= 0.3 is 327 Å². The van der Waals surface area contributed by atoms with E-state index in [1.54, 1.807) is 0 Å².